The van der Waals surface area contributed by atoms with E-state index in [4.69, 9.17) is 9.84 Å². The van der Waals surface area contributed by atoms with E-state index in [9.17, 15) is 4.79 Å². The summed E-state index contributed by atoms with van der Waals surface area (Å²) in [7, 11) is 1.40. The Morgan fingerprint density at radius 3 is 2.61 bits per heavy atom. The number of carbonyl (C=O) groups is 1. The molecule has 0 fully saturated rings. The van der Waals surface area contributed by atoms with Gasteiger partial charge in [-0.1, -0.05) is 26.8 Å². The van der Waals surface area contributed by atoms with Crippen molar-refractivity contribution in [2.24, 2.45) is 5.41 Å². The Morgan fingerprint density at radius 2 is 2.11 bits per heavy atom. The van der Waals surface area contributed by atoms with Gasteiger partial charge in [0.05, 0.1) is 7.11 Å². The highest BCUT2D eigenvalue weighted by Crippen LogP contribution is 2.20. The van der Waals surface area contributed by atoms with E-state index >= 15 is 0 Å². The molecule has 0 radical (unpaired) electrons. The number of methoxy groups -OCH3 is 1. The lowest BCUT2D eigenvalue weighted by Crippen LogP contribution is -2.30. The second-order valence-corrected chi connectivity index (χ2v) is 5.20. The number of ether oxygens (including phenoxy) is 1. The summed E-state index contributed by atoms with van der Waals surface area (Å²) < 4.78 is 4.69. The fraction of sp³-hybridized carbons (Fsp3) is 0.786. The van der Waals surface area contributed by atoms with Gasteiger partial charge >= 0.3 is 5.97 Å². The number of aliphatic hydroxyl groups is 1. The first-order valence-corrected chi connectivity index (χ1v) is 6.55. The molecule has 0 unspecified atom stereocenters. The average molecular weight is 257 g/mol. The third-order valence-electron chi connectivity index (χ3n) is 2.94. The number of rotatable bonds is 9. The van der Waals surface area contributed by atoms with Crippen LogP contribution < -0.4 is 5.32 Å². The summed E-state index contributed by atoms with van der Waals surface area (Å²) in [6, 6.07) is 0. The quantitative estimate of drug-likeness (QED) is 0.376. The molecule has 0 bridgehead atoms. The molecule has 0 atom stereocenters. The molecule has 0 saturated heterocycles. The first-order chi connectivity index (χ1) is 8.46. The third-order valence-corrected chi connectivity index (χ3v) is 2.94. The van der Waals surface area contributed by atoms with Crippen LogP contribution in [-0.4, -0.2) is 37.9 Å². The highest BCUT2D eigenvalue weighted by atomic mass is 16.5. The molecule has 0 spiro atoms. The molecule has 0 aliphatic carbocycles. The molecular weight excluding hydrogens is 230 g/mol. The molecular formula is C14H27NO3. The summed E-state index contributed by atoms with van der Waals surface area (Å²) >= 11 is 0. The maximum Gasteiger partial charge on any atom is 0.333 e. The molecule has 4 nitrogen and oxygen atoms in total. The third kappa shape index (κ3) is 7.45. The largest absolute Gasteiger partial charge is 0.466 e. The van der Waals surface area contributed by atoms with E-state index in [0.717, 1.165) is 19.4 Å². The average Bonchev–Trinajstić information content (AvgIpc) is 2.35. The van der Waals surface area contributed by atoms with Crippen molar-refractivity contribution in [3.8, 4) is 0 Å². The number of hydrogen-bond acceptors (Lipinski definition) is 4. The first kappa shape index (κ1) is 17.1. The molecule has 0 aliphatic heterocycles. The second-order valence-electron chi connectivity index (χ2n) is 5.20. The van der Waals surface area contributed by atoms with E-state index in [1.165, 1.54) is 7.11 Å². The molecule has 18 heavy (non-hydrogen) atoms. The van der Waals surface area contributed by atoms with Crippen LogP contribution in [0.1, 0.15) is 40.0 Å². The summed E-state index contributed by atoms with van der Waals surface area (Å²) in [6.45, 7) is 8.04. The molecule has 0 aromatic rings. The van der Waals surface area contributed by atoms with Crippen molar-refractivity contribution in [2.75, 3.05) is 26.8 Å². The Labute approximate surface area is 110 Å². The SMILES string of the molecule is CCC(=CCNCC(C)(C)CCCO)C(=O)OC. The van der Waals surface area contributed by atoms with Crippen LogP contribution in [0.4, 0.5) is 0 Å². The normalized spacial score (nSPS) is 12.6. The lowest BCUT2D eigenvalue weighted by atomic mass is 9.88. The van der Waals surface area contributed by atoms with Gasteiger partial charge in [0.25, 0.3) is 0 Å². The van der Waals surface area contributed by atoms with Crippen LogP contribution in [0.3, 0.4) is 0 Å². The van der Waals surface area contributed by atoms with Crippen molar-refractivity contribution >= 4 is 5.97 Å². The standard InChI is InChI=1S/C14H27NO3/c1-5-12(13(17)18-4)7-9-15-11-14(2,3)8-6-10-16/h7,15-16H,5-6,8-11H2,1-4H3. The molecule has 0 aliphatic rings. The van der Waals surface area contributed by atoms with Crippen LogP contribution in [0.25, 0.3) is 0 Å². The molecule has 0 aromatic carbocycles. The summed E-state index contributed by atoms with van der Waals surface area (Å²) in [4.78, 5) is 11.3. The molecule has 0 rings (SSSR count). The van der Waals surface area contributed by atoms with E-state index in [1.54, 1.807) is 0 Å². The van der Waals surface area contributed by atoms with Gasteiger partial charge in [0.15, 0.2) is 0 Å². The molecule has 4 heteroatoms. The first-order valence-electron chi connectivity index (χ1n) is 6.55. The van der Waals surface area contributed by atoms with Crippen molar-refractivity contribution in [3.63, 3.8) is 0 Å². The predicted octanol–water partition coefficient (Wildman–Crippen LogP) is 1.88. The maximum atomic E-state index is 11.3. The van der Waals surface area contributed by atoms with Crippen molar-refractivity contribution < 1.29 is 14.6 Å². The van der Waals surface area contributed by atoms with Crippen LogP contribution in [0.15, 0.2) is 11.6 Å². The minimum Gasteiger partial charge on any atom is -0.466 e. The molecule has 0 heterocycles. The smallest absolute Gasteiger partial charge is 0.333 e. The van der Waals surface area contributed by atoms with Crippen LogP contribution in [0.5, 0.6) is 0 Å². The van der Waals surface area contributed by atoms with Crippen molar-refractivity contribution in [1.29, 1.82) is 0 Å². The highest BCUT2D eigenvalue weighted by molar-refractivity contribution is 5.88. The van der Waals surface area contributed by atoms with Crippen molar-refractivity contribution in [3.05, 3.63) is 11.6 Å². The molecule has 0 saturated carbocycles. The van der Waals surface area contributed by atoms with Crippen LogP contribution in [-0.2, 0) is 9.53 Å². The monoisotopic (exact) mass is 257 g/mol. The van der Waals surface area contributed by atoms with E-state index < -0.39 is 0 Å². The number of hydrogen-bond donors (Lipinski definition) is 2. The Kier molecular flexibility index (Phi) is 8.67. The number of carbonyl (C=O) groups excluding carboxylic acids is 1. The van der Waals surface area contributed by atoms with E-state index in [2.05, 4.69) is 19.2 Å². The predicted molar refractivity (Wildman–Crippen MR) is 73.4 cm³/mol. The highest BCUT2D eigenvalue weighted by Gasteiger charge is 2.16. The Balaban J connectivity index is 4.03. The zero-order valence-electron chi connectivity index (χ0n) is 12.1. The maximum absolute atomic E-state index is 11.3. The summed E-state index contributed by atoms with van der Waals surface area (Å²) in [6.07, 6.45) is 4.38. The fourth-order valence-electron chi connectivity index (χ4n) is 1.76. The van der Waals surface area contributed by atoms with Gasteiger partial charge in [-0.15, -0.1) is 0 Å². The number of esters is 1. The minimum atomic E-state index is -0.251. The Hall–Kier alpha value is -0.870. The van der Waals surface area contributed by atoms with Gasteiger partial charge < -0.3 is 15.2 Å². The fourth-order valence-corrected chi connectivity index (χ4v) is 1.76. The van der Waals surface area contributed by atoms with Crippen molar-refractivity contribution in [1.82, 2.24) is 5.32 Å². The van der Waals surface area contributed by atoms with Gasteiger partial charge in [-0.25, -0.2) is 4.79 Å². The molecule has 0 aromatic heterocycles. The van der Waals surface area contributed by atoms with Crippen LogP contribution in [0, 0.1) is 5.41 Å². The Bertz CT molecular complexity index is 272. The van der Waals surface area contributed by atoms with Gasteiger partial charge in [0, 0.05) is 25.3 Å². The van der Waals surface area contributed by atoms with Crippen LogP contribution in [0.2, 0.25) is 0 Å². The van der Waals surface area contributed by atoms with Crippen LogP contribution >= 0.6 is 0 Å². The zero-order valence-corrected chi connectivity index (χ0v) is 12.1. The number of nitrogens with one attached hydrogen (secondary N) is 1. The van der Waals surface area contributed by atoms with Crippen molar-refractivity contribution in [2.45, 2.75) is 40.0 Å². The molecule has 2 N–H and O–H groups in total. The summed E-state index contributed by atoms with van der Waals surface area (Å²) in [5.41, 5.74) is 0.868. The van der Waals surface area contributed by atoms with Gasteiger partial charge in [0.2, 0.25) is 0 Å². The lowest BCUT2D eigenvalue weighted by Gasteiger charge is -2.24. The van der Waals surface area contributed by atoms with E-state index in [-0.39, 0.29) is 18.0 Å². The minimum absolute atomic E-state index is 0.161. The van der Waals surface area contributed by atoms with Gasteiger partial charge in [0.1, 0.15) is 0 Å². The molecule has 106 valence electrons. The topological polar surface area (TPSA) is 58.6 Å². The summed E-state index contributed by atoms with van der Waals surface area (Å²) in [5, 5.41) is 12.1. The second kappa shape index (κ2) is 9.11. The Morgan fingerprint density at radius 1 is 1.44 bits per heavy atom. The lowest BCUT2D eigenvalue weighted by molar-refractivity contribution is -0.136. The summed E-state index contributed by atoms with van der Waals surface area (Å²) in [5.74, 6) is -0.251. The zero-order chi connectivity index (χ0) is 14.0. The number of aliphatic hydroxyl groups excluding tert-OH is 1. The van der Waals surface area contributed by atoms with Gasteiger partial charge in [-0.2, -0.15) is 0 Å². The van der Waals surface area contributed by atoms with Gasteiger partial charge in [-0.3, -0.25) is 0 Å². The van der Waals surface area contributed by atoms with E-state index in [1.807, 2.05) is 13.0 Å². The van der Waals surface area contributed by atoms with E-state index in [0.29, 0.717) is 18.5 Å². The molecule has 0 amide bonds. The van der Waals surface area contributed by atoms with Gasteiger partial charge in [-0.05, 0) is 24.7 Å².